The summed E-state index contributed by atoms with van der Waals surface area (Å²) in [7, 11) is 0. The molecule has 4 heteroatoms. The van der Waals surface area contributed by atoms with E-state index in [4.69, 9.17) is 0 Å². The van der Waals surface area contributed by atoms with Crippen molar-refractivity contribution in [3.8, 4) is 0 Å². The zero-order valence-corrected chi connectivity index (χ0v) is 11.5. The molecule has 0 saturated carbocycles. The minimum Gasteiger partial charge on any atom is -0.352 e. The van der Waals surface area contributed by atoms with Gasteiger partial charge in [-0.3, -0.25) is 9.59 Å². The second-order valence-corrected chi connectivity index (χ2v) is 4.25. The molecule has 0 bridgehead atoms. The summed E-state index contributed by atoms with van der Waals surface area (Å²) in [6.07, 6.45) is 3.61. The highest BCUT2D eigenvalue weighted by Crippen LogP contribution is 1.99. The van der Waals surface area contributed by atoms with Gasteiger partial charge in [0.1, 0.15) is 0 Å². The summed E-state index contributed by atoms with van der Waals surface area (Å²) in [4.78, 5) is 25.3. The monoisotopic (exact) mass is 272 g/mol. The molecule has 0 aliphatic carbocycles. The molecule has 0 heterocycles. The van der Waals surface area contributed by atoms with E-state index >= 15 is 0 Å². The van der Waals surface area contributed by atoms with Crippen molar-refractivity contribution in [2.75, 3.05) is 19.6 Å². The van der Waals surface area contributed by atoms with Crippen LogP contribution in [0.5, 0.6) is 0 Å². The maximum atomic E-state index is 11.9. The van der Waals surface area contributed by atoms with Gasteiger partial charge in [-0.05, 0) is 12.1 Å². The van der Waals surface area contributed by atoms with Gasteiger partial charge in [0.2, 0.25) is 5.91 Å². The average Bonchev–Trinajstić information content (AvgIpc) is 2.47. The molecule has 0 spiro atoms. The minimum absolute atomic E-state index is 0.0295. The number of hydrogen-bond acceptors (Lipinski definition) is 2. The SMILES string of the molecule is C=CCN(CC=C)C(=O)CCNC(=O)c1ccccc1. The van der Waals surface area contributed by atoms with Crippen molar-refractivity contribution in [3.63, 3.8) is 0 Å². The molecule has 0 aliphatic heterocycles. The molecule has 0 atom stereocenters. The van der Waals surface area contributed by atoms with Crippen LogP contribution in [0, 0.1) is 0 Å². The van der Waals surface area contributed by atoms with E-state index in [0.29, 0.717) is 25.2 Å². The molecular formula is C16H20N2O2. The van der Waals surface area contributed by atoms with Gasteiger partial charge in [-0.25, -0.2) is 0 Å². The Morgan fingerprint density at radius 2 is 1.70 bits per heavy atom. The molecule has 0 radical (unpaired) electrons. The van der Waals surface area contributed by atoms with E-state index in [9.17, 15) is 9.59 Å². The molecule has 0 aromatic heterocycles. The van der Waals surface area contributed by atoms with E-state index in [1.165, 1.54) is 0 Å². The van der Waals surface area contributed by atoms with Crippen molar-refractivity contribution < 1.29 is 9.59 Å². The zero-order valence-electron chi connectivity index (χ0n) is 11.5. The van der Waals surface area contributed by atoms with E-state index in [0.717, 1.165) is 0 Å². The molecule has 1 aromatic carbocycles. The highest BCUT2D eigenvalue weighted by Gasteiger charge is 2.11. The lowest BCUT2D eigenvalue weighted by Crippen LogP contribution is -2.34. The predicted octanol–water partition coefficient (Wildman–Crippen LogP) is 2.01. The van der Waals surface area contributed by atoms with E-state index in [-0.39, 0.29) is 18.2 Å². The quantitative estimate of drug-likeness (QED) is 0.736. The lowest BCUT2D eigenvalue weighted by Gasteiger charge is -2.19. The lowest BCUT2D eigenvalue weighted by atomic mass is 10.2. The highest BCUT2D eigenvalue weighted by molar-refractivity contribution is 5.94. The number of carbonyl (C=O) groups excluding carboxylic acids is 2. The van der Waals surface area contributed by atoms with Crippen LogP contribution < -0.4 is 5.32 Å². The van der Waals surface area contributed by atoms with Crippen molar-refractivity contribution >= 4 is 11.8 Å². The van der Waals surface area contributed by atoms with Gasteiger partial charge in [0.15, 0.2) is 0 Å². The third-order valence-corrected chi connectivity index (χ3v) is 2.71. The fourth-order valence-electron chi connectivity index (χ4n) is 1.72. The van der Waals surface area contributed by atoms with Crippen LogP contribution in [0.15, 0.2) is 55.6 Å². The maximum absolute atomic E-state index is 11.9. The van der Waals surface area contributed by atoms with E-state index in [1.807, 2.05) is 6.07 Å². The summed E-state index contributed by atoms with van der Waals surface area (Å²) in [5, 5.41) is 2.73. The van der Waals surface area contributed by atoms with Crippen molar-refractivity contribution in [2.45, 2.75) is 6.42 Å². The largest absolute Gasteiger partial charge is 0.352 e. The number of nitrogens with one attached hydrogen (secondary N) is 1. The Hall–Kier alpha value is -2.36. The smallest absolute Gasteiger partial charge is 0.251 e. The van der Waals surface area contributed by atoms with E-state index < -0.39 is 0 Å². The molecule has 1 N–H and O–H groups in total. The van der Waals surface area contributed by atoms with Crippen LogP contribution in [0.2, 0.25) is 0 Å². The Kier molecular flexibility index (Phi) is 6.82. The first-order valence-electron chi connectivity index (χ1n) is 6.52. The second kappa shape index (κ2) is 8.69. The van der Waals surface area contributed by atoms with Crippen LogP contribution >= 0.6 is 0 Å². The molecule has 1 rings (SSSR count). The highest BCUT2D eigenvalue weighted by atomic mass is 16.2. The minimum atomic E-state index is -0.169. The van der Waals surface area contributed by atoms with Gasteiger partial charge in [-0.2, -0.15) is 0 Å². The van der Waals surface area contributed by atoms with Crippen LogP contribution in [0.25, 0.3) is 0 Å². The number of benzene rings is 1. The van der Waals surface area contributed by atoms with Crippen molar-refractivity contribution in [2.24, 2.45) is 0 Å². The van der Waals surface area contributed by atoms with Gasteiger partial charge in [-0.15, -0.1) is 13.2 Å². The fourth-order valence-corrected chi connectivity index (χ4v) is 1.72. The fraction of sp³-hybridized carbons (Fsp3) is 0.250. The number of rotatable bonds is 8. The van der Waals surface area contributed by atoms with Gasteiger partial charge in [0, 0.05) is 31.6 Å². The van der Waals surface area contributed by atoms with Crippen molar-refractivity contribution in [3.05, 3.63) is 61.2 Å². The number of hydrogen-bond donors (Lipinski definition) is 1. The van der Waals surface area contributed by atoms with Crippen molar-refractivity contribution in [1.82, 2.24) is 10.2 Å². The molecule has 1 aromatic rings. The molecule has 0 aliphatic rings. The van der Waals surface area contributed by atoms with Crippen LogP contribution in [0.3, 0.4) is 0 Å². The Bertz CT molecular complexity index is 459. The summed E-state index contributed by atoms with van der Waals surface area (Å²) in [6.45, 7) is 8.51. The van der Waals surface area contributed by atoms with E-state index in [2.05, 4.69) is 18.5 Å². The van der Waals surface area contributed by atoms with Crippen LogP contribution in [-0.4, -0.2) is 36.3 Å². The van der Waals surface area contributed by atoms with Gasteiger partial charge in [-0.1, -0.05) is 30.4 Å². The summed E-state index contributed by atoms with van der Waals surface area (Å²) in [5.41, 5.74) is 0.592. The van der Waals surface area contributed by atoms with Gasteiger partial charge in [0.05, 0.1) is 0 Å². The molecule has 2 amide bonds. The average molecular weight is 272 g/mol. The summed E-state index contributed by atoms with van der Waals surface area (Å²) in [6, 6.07) is 8.92. The van der Waals surface area contributed by atoms with Crippen LogP contribution in [0.1, 0.15) is 16.8 Å². The van der Waals surface area contributed by atoms with Crippen LogP contribution in [-0.2, 0) is 4.79 Å². The molecule has 106 valence electrons. The Morgan fingerprint density at radius 3 is 2.25 bits per heavy atom. The molecule has 20 heavy (non-hydrogen) atoms. The zero-order chi connectivity index (χ0) is 14.8. The van der Waals surface area contributed by atoms with E-state index in [1.54, 1.807) is 41.3 Å². The summed E-state index contributed by atoms with van der Waals surface area (Å²) in [5.74, 6) is -0.199. The topological polar surface area (TPSA) is 49.4 Å². The number of nitrogens with zero attached hydrogens (tertiary/aromatic N) is 1. The molecule has 0 unspecified atom stereocenters. The van der Waals surface area contributed by atoms with Crippen LogP contribution in [0.4, 0.5) is 0 Å². The molecule has 0 saturated heterocycles. The standard InChI is InChI=1S/C16H20N2O2/c1-3-12-18(13-4-2)15(19)10-11-17-16(20)14-8-6-5-7-9-14/h3-9H,1-2,10-13H2,(H,17,20). The molecular weight excluding hydrogens is 252 g/mol. The first-order valence-corrected chi connectivity index (χ1v) is 6.52. The third-order valence-electron chi connectivity index (χ3n) is 2.71. The van der Waals surface area contributed by atoms with Gasteiger partial charge < -0.3 is 10.2 Å². The molecule has 0 fully saturated rings. The predicted molar refractivity (Wildman–Crippen MR) is 80.4 cm³/mol. The van der Waals surface area contributed by atoms with Gasteiger partial charge in [0.25, 0.3) is 5.91 Å². The Balaban J connectivity index is 2.39. The Labute approximate surface area is 119 Å². The Morgan fingerprint density at radius 1 is 1.10 bits per heavy atom. The second-order valence-electron chi connectivity index (χ2n) is 4.25. The first-order chi connectivity index (χ1) is 9.69. The number of amides is 2. The first kappa shape index (κ1) is 15.7. The maximum Gasteiger partial charge on any atom is 0.251 e. The van der Waals surface area contributed by atoms with Crippen molar-refractivity contribution in [1.29, 1.82) is 0 Å². The third kappa shape index (κ3) is 5.10. The number of carbonyl (C=O) groups is 2. The summed E-state index contributed by atoms with van der Waals surface area (Å²) >= 11 is 0. The van der Waals surface area contributed by atoms with Gasteiger partial charge >= 0.3 is 0 Å². The molecule has 4 nitrogen and oxygen atoms in total. The summed E-state index contributed by atoms with van der Waals surface area (Å²) < 4.78 is 0. The lowest BCUT2D eigenvalue weighted by molar-refractivity contribution is -0.130. The normalized spacial score (nSPS) is 9.60.